The molecule has 0 saturated carbocycles. The SMILES string of the molecule is CNS(=O)CCc1ccc2[nH]cc(CC3CCCN3)c2c1. The van der Waals surface area contributed by atoms with E-state index in [1.807, 2.05) is 0 Å². The number of benzene rings is 1. The molecule has 5 heteroatoms. The van der Waals surface area contributed by atoms with Crippen LogP contribution in [0.4, 0.5) is 0 Å². The number of hydrogen-bond donors (Lipinski definition) is 3. The lowest BCUT2D eigenvalue weighted by molar-refractivity contribution is 0.605. The van der Waals surface area contributed by atoms with Gasteiger partial charge < -0.3 is 10.3 Å². The summed E-state index contributed by atoms with van der Waals surface area (Å²) in [5, 5.41) is 4.88. The van der Waals surface area contributed by atoms with E-state index in [4.69, 9.17) is 0 Å². The molecule has 1 aliphatic heterocycles. The monoisotopic (exact) mass is 305 g/mol. The highest BCUT2D eigenvalue weighted by molar-refractivity contribution is 7.82. The van der Waals surface area contributed by atoms with Gasteiger partial charge in [0, 0.05) is 28.9 Å². The number of aromatic amines is 1. The average Bonchev–Trinajstić information content (AvgIpc) is 3.15. The molecule has 1 fully saturated rings. The maximum absolute atomic E-state index is 11.5. The van der Waals surface area contributed by atoms with E-state index in [0.717, 1.165) is 19.4 Å². The van der Waals surface area contributed by atoms with Crippen molar-refractivity contribution >= 4 is 21.9 Å². The minimum absolute atomic E-state index is 0.615. The van der Waals surface area contributed by atoms with Crippen LogP contribution in [0.5, 0.6) is 0 Å². The van der Waals surface area contributed by atoms with Crippen LogP contribution in [-0.2, 0) is 23.8 Å². The Morgan fingerprint density at radius 2 is 2.33 bits per heavy atom. The molecule has 0 spiro atoms. The van der Waals surface area contributed by atoms with Crippen LogP contribution < -0.4 is 10.0 Å². The maximum Gasteiger partial charge on any atom is 0.0916 e. The normalized spacial score (nSPS) is 20.1. The molecule has 2 aromatic rings. The molecule has 3 rings (SSSR count). The zero-order valence-electron chi connectivity index (χ0n) is 12.4. The molecule has 0 amide bonds. The maximum atomic E-state index is 11.5. The smallest absolute Gasteiger partial charge is 0.0916 e. The summed E-state index contributed by atoms with van der Waals surface area (Å²) in [5.41, 5.74) is 3.84. The van der Waals surface area contributed by atoms with Gasteiger partial charge >= 0.3 is 0 Å². The second-order valence-corrected chi connectivity index (χ2v) is 7.20. The number of hydrogen-bond acceptors (Lipinski definition) is 2. The van der Waals surface area contributed by atoms with E-state index in [0.29, 0.717) is 11.8 Å². The van der Waals surface area contributed by atoms with Crippen molar-refractivity contribution in [3.05, 3.63) is 35.5 Å². The van der Waals surface area contributed by atoms with E-state index < -0.39 is 11.0 Å². The Morgan fingerprint density at radius 1 is 1.43 bits per heavy atom. The third-order valence-electron chi connectivity index (χ3n) is 4.26. The van der Waals surface area contributed by atoms with Crippen molar-refractivity contribution in [3.8, 4) is 0 Å². The molecule has 3 N–H and O–H groups in total. The lowest BCUT2D eigenvalue weighted by atomic mass is 10.0. The molecular formula is C16H23N3OS. The van der Waals surface area contributed by atoms with E-state index in [1.165, 1.54) is 34.9 Å². The van der Waals surface area contributed by atoms with Crippen LogP contribution in [-0.4, -0.2) is 34.6 Å². The number of rotatable bonds is 6. The number of nitrogens with one attached hydrogen (secondary N) is 3. The highest BCUT2D eigenvalue weighted by atomic mass is 32.2. The van der Waals surface area contributed by atoms with Gasteiger partial charge in [-0.15, -0.1) is 0 Å². The predicted octanol–water partition coefficient (Wildman–Crippen LogP) is 1.89. The molecule has 4 nitrogen and oxygen atoms in total. The number of fused-ring (bicyclic) bond motifs is 1. The fourth-order valence-electron chi connectivity index (χ4n) is 3.06. The quantitative estimate of drug-likeness (QED) is 0.763. The summed E-state index contributed by atoms with van der Waals surface area (Å²) in [6.07, 6.45) is 6.63. The van der Waals surface area contributed by atoms with Crippen LogP contribution in [0.1, 0.15) is 24.0 Å². The second kappa shape index (κ2) is 6.73. The topological polar surface area (TPSA) is 56.9 Å². The van der Waals surface area contributed by atoms with Gasteiger partial charge in [0.1, 0.15) is 0 Å². The van der Waals surface area contributed by atoms with Gasteiger partial charge in [-0.05, 0) is 62.5 Å². The van der Waals surface area contributed by atoms with Gasteiger partial charge in [-0.1, -0.05) is 6.07 Å². The number of aromatic nitrogens is 1. The van der Waals surface area contributed by atoms with Gasteiger partial charge in [-0.2, -0.15) is 0 Å². The summed E-state index contributed by atoms with van der Waals surface area (Å²) in [7, 11) is 0.806. The minimum Gasteiger partial charge on any atom is -0.361 e. The third-order valence-corrected chi connectivity index (χ3v) is 5.29. The summed E-state index contributed by atoms with van der Waals surface area (Å²) in [4.78, 5) is 3.37. The fourth-order valence-corrected chi connectivity index (χ4v) is 3.68. The van der Waals surface area contributed by atoms with E-state index in [1.54, 1.807) is 7.05 Å². The van der Waals surface area contributed by atoms with Gasteiger partial charge in [-0.25, -0.2) is 8.93 Å². The lowest BCUT2D eigenvalue weighted by Crippen LogP contribution is -2.23. The lowest BCUT2D eigenvalue weighted by Gasteiger charge is -2.09. The molecule has 21 heavy (non-hydrogen) atoms. The van der Waals surface area contributed by atoms with E-state index in [2.05, 4.69) is 39.4 Å². The van der Waals surface area contributed by atoms with Crippen LogP contribution in [0.3, 0.4) is 0 Å². The van der Waals surface area contributed by atoms with Gasteiger partial charge in [0.25, 0.3) is 0 Å². The molecule has 2 heterocycles. The van der Waals surface area contributed by atoms with E-state index >= 15 is 0 Å². The minimum atomic E-state index is -0.928. The Hall–Kier alpha value is -1.17. The van der Waals surface area contributed by atoms with E-state index in [-0.39, 0.29) is 0 Å². The number of aryl methyl sites for hydroxylation is 1. The molecule has 0 aliphatic carbocycles. The van der Waals surface area contributed by atoms with E-state index in [9.17, 15) is 4.21 Å². The van der Waals surface area contributed by atoms with Gasteiger partial charge in [0.2, 0.25) is 0 Å². The van der Waals surface area contributed by atoms with Crippen molar-refractivity contribution in [1.29, 1.82) is 0 Å². The van der Waals surface area contributed by atoms with Gasteiger partial charge in [0.05, 0.1) is 11.0 Å². The van der Waals surface area contributed by atoms with Crippen LogP contribution in [0.25, 0.3) is 10.9 Å². The van der Waals surface area contributed by atoms with Crippen molar-refractivity contribution in [2.24, 2.45) is 0 Å². The first-order valence-electron chi connectivity index (χ1n) is 7.64. The largest absolute Gasteiger partial charge is 0.361 e. The molecule has 1 aromatic carbocycles. The summed E-state index contributed by atoms with van der Waals surface area (Å²) in [5.74, 6) is 0.659. The fraction of sp³-hybridized carbons (Fsp3) is 0.500. The van der Waals surface area contributed by atoms with Gasteiger partial charge in [-0.3, -0.25) is 0 Å². The Morgan fingerprint density at radius 3 is 3.10 bits per heavy atom. The molecule has 114 valence electrons. The van der Waals surface area contributed by atoms with Crippen molar-refractivity contribution < 1.29 is 4.21 Å². The van der Waals surface area contributed by atoms with Crippen molar-refractivity contribution in [2.45, 2.75) is 31.7 Å². The van der Waals surface area contributed by atoms with Gasteiger partial charge in [0.15, 0.2) is 0 Å². The zero-order valence-corrected chi connectivity index (χ0v) is 13.3. The standard InChI is InChI=1S/C16H23N3OS/c1-17-21(20)8-6-12-4-5-16-15(9-12)13(11-19-16)10-14-3-2-7-18-14/h4-5,9,11,14,17-19H,2-3,6-8,10H2,1H3. The molecular weight excluding hydrogens is 282 g/mol. The summed E-state index contributed by atoms with van der Waals surface area (Å²) >= 11 is 0. The Balaban J connectivity index is 1.76. The van der Waals surface area contributed by atoms with Crippen LogP contribution >= 0.6 is 0 Å². The third kappa shape index (κ3) is 3.54. The van der Waals surface area contributed by atoms with Crippen molar-refractivity contribution in [1.82, 2.24) is 15.0 Å². The Labute approximate surface area is 128 Å². The first-order chi connectivity index (χ1) is 10.3. The van der Waals surface area contributed by atoms with Crippen LogP contribution in [0.2, 0.25) is 0 Å². The van der Waals surface area contributed by atoms with Crippen LogP contribution in [0.15, 0.2) is 24.4 Å². The average molecular weight is 305 g/mol. The summed E-state index contributed by atoms with van der Waals surface area (Å²) < 4.78 is 14.3. The van der Waals surface area contributed by atoms with Crippen molar-refractivity contribution in [3.63, 3.8) is 0 Å². The molecule has 0 radical (unpaired) electrons. The first-order valence-corrected chi connectivity index (χ1v) is 8.96. The second-order valence-electron chi connectivity index (χ2n) is 5.70. The van der Waals surface area contributed by atoms with Crippen LogP contribution in [0, 0.1) is 0 Å². The zero-order chi connectivity index (χ0) is 14.7. The highest BCUT2D eigenvalue weighted by Crippen LogP contribution is 2.23. The molecule has 0 bridgehead atoms. The highest BCUT2D eigenvalue weighted by Gasteiger charge is 2.16. The molecule has 2 unspecified atom stereocenters. The molecule has 1 saturated heterocycles. The van der Waals surface area contributed by atoms with Crippen molar-refractivity contribution in [2.75, 3.05) is 19.3 Å². The predicted molar refractivity (Wildman–Crippen MR) is 88.8 cm³/mol. The molecule has 2 atom stereocenters. The molecule has 1 aromatic heterocycles. The summed E-state index contributed by atoms with van der Waals surface area (Å²) in [6, 6.07) is 7.13. The Kier molecular flexibility index (Phi) is 4.73. The first kappa shape index (κ1) is 14.8. The Bertz CT molecular complexity index is 631. The number of H-pyrrole nitrogens is 1. The molecule has 1 aliphatic rings. The summed E-state index contributed by atoms with van der Waals surface area (Å²) in [6.45, 7) is 1.15.